The molecule has 1 saturated heterocycles. The second kappa shape index (κ2) is 5.07. The van der Waals surface area contributed by atoms with Crippen molar-refractivity contribution in [3.63, 3.8) is 0 Å². The van der Waals surface area contributed by atoms with Crippen molar-refractivity contribution in [1.82, 2.24) is 0 Å². The van der Waals surface area contributed by atoms with Crippen LogP contribution in [0.25, 0.3) is 0 Å². The molecule has 1 aliphatic rings. The summed E-state index contributed by atoms with van der Waals surface area (Å²) in [6.07, 6.45) is 1.76. The van der Waals surface area contributed by atoms with Crippen LogP contribution < -0.4 is 0 Å². The summed E-state index contributed by atoms with van der Waals surface area (Å²) >= 11 is 4.11. The Kier molecular flexibility index (Phi) is 4.35. The third kappa shape index (κ3) is 2.36. The van der Waals surface area contributed by atoms with E-state index >= 15 is 0 Å². The SMILES string of the molecule is OCC1CC(CCS)OC1CO. The fraction of sp³-hybridized carbons (Fsp3) is 1.00. The lowest BCUT2D eigenvalue weighted by atomic mass is 10.0. The Bertz CT molecular complexity index is 119. The molecule has 3 nitrogen and oxygen atoms in total. The van der Waals surface area contributed by atoms with E-state index in [-0.39, 0.29) is 31.3 Å². The van der Waals surface area contributed by atoms with Gasteiger partial charge in [-0.25, -0.2) is 0 Å². The number of ether oxygens (including phenoxy) is 1. The van der Waals surface area contributed by atoms with Crippen LogP contribution in [-0.2, 0) is 4.74 Å². The van der Waals surface area contributed by atoms with E-state index in [1.54, 1.807) is 0 Å². The van der Waals surface area contributed by atoms with Gasteiger partial charge in [0.2, 0.25) is 0 Å². The molecule has 12 heavy (non-hydrogen) atoms. The molecule has 0 aromatic heterocycles. The Morgan fingerprint density at radius 3 is 2.50 bits per heavy atom. The topological polar surface area (TPSA) is 49.7 Å². The van der Waals surface area contributed by atoms with Crippen molar-refractivity contribution in [3.05, 3.63) is 0 Å². The van der Waals surface area contributed by atoms with E-state index in [2.05, 4.69) is 12.6 Å². The third-order valence-electron chi connectivity index (χ3n) is 2.32. The van der Waals surface area contributed by atoms with Crippen LogP contribution in [0.4, 0.5) is 0 Å². The summed E-state index contributed by atoms with van der Waals surface area (Å²) in [5.74, 6) is 0.904. The van der Waals surface area contributed by atoms with Crippen molar-refractivity contribution < 1.29 is 14.9 Å². The Morgan fingerprint density at radius 2 is 2.08 bits per heavy atom. The molecule has 0 spiro atoms. The summed E-state index contributed by atoms with van der Waals surface area (Å²) in [7, 11) is 0. The van der Waals surface area contributed by atoms with Crippen LogP contribution in [0.1, 0.15) is 12.8 Å². The van der Waals surface area contributed by atoms with Gasteiger partial charge in [0.1, 0.15) is 0 Å². The molecule has 3 unspecified atom stereocenters. The Balaban J connectivity index is 2.36. The number of aliphatic hydroxyl groups excluding tert-OH is 2. The van der Waals surface area contributed by atoms with Crippen LogP contribution in [0.15, 0.2) is 0 Å². The Morgan fingerprint density at radius 1 is 1.33 bits per heavy atom. The van der Waals surface area contributed by atoms with E-state index in [1.807, 2.05) is 0 Å². The average Bonchev–Trinajstić information content (AvgIpc) is 2.48. The van der Waals surface area contributed by atoms with E-state index in [1.165, 1.54) is 0 Å². The predicted octanol–water partition coefficient (Wildman–Crippen LogP) is 0.0646. The smallest absolute Gasteiger partial charge is 0.0860 e. The van der Waals surface area contributed by atoms with Crippen LogP contribution in [0, 0.1) is 5.92 Å². The van der Waals surface area contributed by atoms with E-state index in [4.69, 9.17) is 14.9 Å². The zero-order valence-corrected chi connectivity index (χ0v) is 7.91. The van der Waals surface area contributed by atoms with Crippen LogP contribution >= 0.6 is 12.6 Å². The number of thiol groups is 1. The average molecular weight is 192 g/mol. The molecule has 0 aromatic rings. The molecule has 1 heterocycles. The minimum Gasteiger partial charge on any atom is -0.396 e. The molecule has 4 heteroatoms. The lowest BCUT2D eigenvalue weighted by Crippen LogP contribution is -2.23. The first kappa shape index (κ1) is 10.3. The first-order valence-corrected chi connectivity index (χ1v) is 4.93. The highest BCUT2D eigenvalue weighted by Gasteiger charge is 2.33. The molecule has 2 N–H and O–H groups in total. The zero-order chi connectivity index (χ0) is 8.97. The van der Waals surface area contributed by atoms with Gasteiger partial charge in [-0.15, -0.1) is 0 Å². The Hall–Kier alpha value is 0.230. The molecule has 3 atom stereocenters. The highest BCUT2D eigenvalue weighted by atomic mass is 32.1. The van der Waals surface area contributed by atoms with Crippen LogP contribution in [0.5, 0.6) is 0 Å². The fourth-order valence-electron chi connectivity index (χ4n) is 1.62. The molecule has 0 saturated carbocycles. The van der Waals surface area contributed by atoms with Crippen molar-refractivity contribution in [2.75, 3.05) is 19.0 Å². The van der Waals surface area contributed by atoms with Crippen molar-refractivity contribution >= 4 is 12.6 Å². The first-order valence-electron chi connectivity index (χ1n) is 4.29. The molecule has 0 aliphatic carbocycles. The molecule has 72 valence electrons. The van der Waals surface area contributed by atoms with Crippen molar-refractivity contribution in [2.45, 2.75) is 25.0 Å². The molecule has 1 rings (SSSR count). The van der Waals surface area contributed by atoms with Crippen LogP contribution in [0.3, 0.4) is 0 Å². The number of hydrogen-bond acceptors (Lipinski definition) is 4. The number of aliphatic hydroxyl groups is 2. The summed E-state index contributed by atoms with van der Waals surface area (Å²) in [4.78, 5) is 0. The molecular formula is C8H16O3S. The van der Waals surface area contributed by atoms with Gasteiger partial charge in [0.05, 0.1) is 18.8 Å². The van der Waals surface area contributed by atoms with Crippen LogP contribution in [0.2, 0.25) is 0 Å². The summed E-state index contributed by atoms with van der Waals surface area (Å²) in [5, 5.41) is 17.8. The summed E-state index contributed by atoms with van der Waals surface area (Å²) in [5.41, 5.74) is 0. The molecule has 1 fully saturated rings. The van der Waals surface area contributed by atoms with Gasteiger partial charge < -0.3 is 14.9 Å². The minimum absolute atomic E-state index is 0.00823. The lowest BCUT2D eigenvalue weighted by molar-refractivity contribution is -0.00767. The van der Waals surface area contributed by atoms with Crippen molar-refractivity contribution in [2.24, 2.45) is 5.92 Å². The van der Waals surface area contributed by atoms with Crippen LogP contribution in [-0.4, -0.2) is 41.4 Å². The van der Waals surface area contributed by atoms with Crippen molar-refractivity contribution in [1.29, 1.82) is 0 Å². The van der Waals surface area contributed by atoms with E-state index in [0.717, 1.165) is 18.6 Å². The molecular weight excluding hydrogens is 176 g/mol. The maximum Gasteiger partial charge on any atom is 0.0860 e. The van der Waals surface area contributed by atoms with Gasteiger partial charge in [0, 0.05) is 12.5 Å². The largest absolute Gasteiger partial charge is 0.396 e. The fourth-order valence-corrected chi connectivity index (χ4v) is 1.91. The zero-order valence-electron chi connectivity index (χ0n) is 7.02. The maximum atomic E-state index is 8.94. The lowest BCUT2D eigenvalue weighted by Gasteiger charge is -2.12. The quantitative estimate of drug-likeness (QED) is 0.552. The molecule has 0 aromatic carbocycles. The molecule has 0 amide bonds. The predicted molar refractivity (Wildman–Crippen MR) is 49.4 cm³/mol. The summed E-state index contributed by atoms with van der Waals surface area (Å²) in [6.45, 7) is 0.114. The van der Waals surface area contributed by atoms with Gasteiger partial charge >= 0.3 is 0 Å². The minimum atomic E-state index is -0.167. The normalized spacial score (nSPS) is 35.8. The number of hydrogen-bond donors (Lipinski definition) is 3. The molecule has 0 bridgehead atoms. The summed E-state index contributed by atoms with van der Waals surface area (Å²) in [6, 6.07) is 0. The van der Waals surface area contributed by atoms with Gasteiger partial charge in [-0.05, 0) is 18.6 Å². The van der Waals surface area contributed by atoms with E-state index in [9.17, 15) is 0 Å². The van der Waals surface area contributed by atoms with Crippen molar-refractivity contribution in [3.8, 4) is 0 Å². The highest BCUT2D eigenvalue weighted by Crippen LogP contribution is 2.27. The Labute approximate surface area is 78.1 Å². The third-order valence-corrected chi connectivity index (χ3v) is 2.58. The van der Waals surface area contributed by atoms with Gasteiger partial charge in [0.15, 0.2) is 0 Å². The van der Waals surface area contributed by atoms with Gasteiger partial charge in [-0.2, -0.15) is 12.6 Å². The summed E-state index contributed by atoms with van der Waals surface area (Å²) < 4.78 is 5.50. The highest BCUT2D eigenvalue weighted by molar-refractivity contribution is 7.80. The maximum absolute atomic E-state index is 8.94. The standard InChI is InChI=1S/C8H16O3S/c9-4-6-3-7(1-2-12)11-8(6)5-10/h6-10,12H,1-5H2. The first-order chi connectivity index (χ1) is 5.81. The second-order valence-electron chi connectivity index (χ2n) is 3.17. The van der Waals surface area contributed by atoms with Gasteiger partial charge in [-0.1, -0.05) is 0 Å². The van der Waals surface area contributed by atoms with E-state index < -0.39 is 0 Å². The molecule has 1 aliphatic heterocycles. The van der Waals surface area contributed by atoms with Gasteiger partial charge in [-0.3, -0.25) is 0 Å². The monoisotopic (exact) mass is 192 g/mol. The van der Waals surface area contributed by atoms with E-state index in [0.29, 0.717) is 0 Å². The molecule has 0 radical (unpaired) electrons. The van der Waals surface area contributed by atoms with Gasteiger partial charge in [0.25, 0.3) is 0 Å². The number of rotatable bonds is 4. The second-order valence-corrected chi connectivity index (χ2v) is 3.62.